The zero-order valence-electron chi connectivity index (χ0n) is 12.7. The summed E-state index contributed by atoms with van der Waals surface area (Å²) in [6.07, 6.45) is 1.10. The summed E-state index contributed by atoms with van der Waals surface area (Å²) in [5, 5.41) is 3.46. The molecule has 0 aromatic heterocycles. The van der Waals surface area contributed by atoms with Gasteiger partial charge in [0.2, 0.25) is 0 Å². The Morgan fingerprint density at radius 3 is 2.60 bits per heavy atom. The molecule has 2 rings (SSSR count). The van der Waals surface area contributed by atoms with Gasteiger partial charge in [-0.1, -0.05) is 30.7 Å². The molecule has 2 nitrogen and oxygen atoms in total. The number of hydrogen-bond donors (Lipinski definition) is 1. The highest BCUT2D eigenvalue weighted by molar-refractivity contribution is 5.50. The van der Waals surface area contributed by atoms with Crippen LogP contribution in [0.5, 0.6) is 11.5 Å². The summed E-state index contributed by atoms with van der Waals surface area (Å²) in [7, 11) is 0. The summed E-state index contributed by atoms with van der Waals surface area (Å²) >= 11 is 0. The van der Waals surface area contributed by atoms with Crippen molar-refractivity contribution in [3.8, 4) is 11.5 Å². The Labute approximate surface area is 121 Å². The van der Waals surface area contributed by atoms with E-state index < -0.39 is 0 Å². The van der Waals surface area contributed by atoms with Crippen molar-refractivity contribution in [2.45, 2.75) is 40.2 Å². The topological polar surface area (TPSA) is 21.3 Å². The second-order valence-electron chi connectivity index (χ2n) is 5.35. The number of rotatable bonds is 5. The van der Waals surface area contributed by atoms with Crippen molar-refractivity contribution in [3.63, 3.8) is 0 Å². The molecule has 106 valence electrons. The molecule has 0 saturated carbocycles. The van der Waals surface area contributed by atoms with Gasteiger partial charge in [0, 0.05) is 17.8 Å². The van der Waals surface area contributed by atoms with Crippen molar-refractivity contribution in [2.24, 2.45) is 0 Å². The minimum absolute atomic E-state index is 0.464. The summed E-state index contributed by atoms with van der Waals surface area (Å²) in [6, 6.07) is 14.8. The Kier molecular flexibility index (Phi) is 4.67. The summed E-state index contributed by atoms with van der Waals surface area (Å²) in [4.78, 5) is 0. The van der Waals surface area contributed by atoms with E-state index >= 15 is 0 Å². The number of nitrogens with one attached hydrogen (secondary N) is 1. The van der Waals surface area contributed by atoms with Crippen LogP contribution in [0, 0.1) is 13.8 Å². The zero-order chi connectivity index (χ0) is 14.5. The molecule has 1 N–H and O–H groups in total. The molecule has 0 amide bonds. The van der Waals surface area contributed by atoms with Gasteiger partial charge in [0.05, 0.1) is 0 Å². The second-order valence-corrected chi connectivity index (χ2v) is 5.35. The van der Waals surface area contributed by atoms with Gasteiger partial charge in [-0.25, -0.2) is 0 Å². The molecule has 1 unspecified atom stereocenters. The number of ether oxygens (including phenoxy) is 1. The fourth-order valence-electron chi connectivity index (χ4n) is 2.08. The smallest absolute Gasteiger partial charge is 0.130 e. The first-order valence-electron chi connectivity index (χ1n) is 7.20. The third-order valence-corrected chi connectivity index (χ3v) is 3.42. The van der Waals surface area contributed by atoms with E-state index in [1.165, 1.54) is 5.56 Å². The van der Waals surface area contributed by atoms with Crippen LogP contribution >= 0.6 is 0 Å². The highest BCUT2D eigenvalue weighted by atomic mass is 16.5. The van der Waals surface area contributed by atoms with E-state index in [9.17, 15) is 0 Å². The van der Waals surface area contributed by atoms with Crippen LogP contribution < -0.4 is 10.1 Å². The Bertz CT molecular complexity index is 577. The molecule has 0 bridgehead atoms. The van der Waals surface area contributed by atoms with Gasteiger partial charge in [-0.15, -0.1) is 0 Å². The average molecular weight is 269 g/mol. The normalized spacial score (nSPS) is 12.0. The Morgan fingerprint density at radius 1 is 1.10 bits per heavy atom. The quantitative estimate of drug-likeness (QED) is 0.794. The summed E-state index contributed by atoms with van der Waals surface area (Å²) in [6.45, 7) is 8.52. The van der Waals surface area contributed by atoms with E-state index in [0.717, 1.165) is 29.2 Å². The molecule has 0 heterocycles. The van der Waals surface area contributed by atoms with Gasteiger partial charge < -0.3 is 10.1 Å². The van der Waals surface area contributed by atoms with Gasteiger partial charge in [-0.05, 0) is 51.0 Å². The molecule has 0 saturated heterocycles. The predicted molar refractivity (Wildman–Crippen MR) is 85.8 cm³/mol. The Balaban J connectivity index is 2.15. The van der Waals surface area contributed by atoms with E-state index in [1.54, 1.807) is 0 Å². The lowest BCUT2D eigenvalue weighted by Crippen LogP contribution is -2.13. The molecule has 2 aromatic rings. The molecule has 0 spiro atoms. The van der Waals surface area contributed by atoms with Crippen molar-refractivity contribution in [3.05, 3.63) is 53.6 Å². The van der Waals surface area contributed by atoms with E-state index in [2.05, 4.69) is 51.2 Å². The SMILES string of the molecule is CCC(C)Nc1cccc(Oc2ccc(C)cc2C)c1. The van der Waals surface area contributed by atoms with Gasteiger partial charge in [0.15, 0.2) is 0 Å². The molecular formula is C18H23NO. The Morgan fingerprint density at radius 2 is 1.90 bits per heavy atom. The molecule has 0 aliphatic carbocycles. The average Bonchev–Trinajstić information content (AvgIpc) is 2.42. The predicted octanol–water partition coefficient (Wildman–Crippen LogP) is 5.31. The lowest BCUT2D eigenvalue weighted by molar-refractivity contribution is 0.479. The first-order chi connectivity index (χ1) is 9.58. The molecule has 0 radical (unpaired) electrons. The van der Waals surface area contributed by atoms with Gasteiger partial charge in [-0.3, -0.25) is 0 Å². The monoisotopic (exact) mass is 269 g/mol. The lowest BCUT2D eigenvalue weighted by Gasteiger charge is -2.15. The van der Waals surface area contributed by atoms with Crippen molar-refractivity contribution in [1.82, 2.24) is 0 Å². The highest BCUT2D eigenvalue weighted by Crippen LogP contribution is 2.27. The van der Waals surface area contributed by atoms with Gasteiger partial charge in [0.1, 0.15) is 11.5 Å². The lowest BCUT2D eigenvalue weighted by atomic mass is 10.1. The molecule has 2 heteroatoms. The molecule has 0 aliphatic heterocycles. The van der Waals surface area contributed by atoms with Gasteiger partial charge in [0.25, 0.3) is 0 Å². The zero-order valence-corrected chi connectivity index (χ0v) is 12.7. The van der Waals surface area contributed by atoms with Crippen LogP contribution in [0.15, 0.2) is 42.5 Å². The van der Waals surface area contributed by atoms with Crippen LogP contribution in [0.3, 0.4) is 0 Å². The van der Waals surface area contributed by atoms with E-state index in [0.29, 0.717) is 6.04 Å². The van der Waals surface area contributed by atoms with Crippen molar-refractivity contribution >= 4 is 5.69 Å². The van der Waals surface area contributed by atoms with Crippen LogP contribution in [-0.2, 0) is 0 Å². The van der Waals surface area contributed by atoms with Crippen molar-refractivity contribution < 1.29 is 4.74 Å². The van der Waals surface area contributed by atoms with Crippen molar-refractivity contribution in [2.75, 3.05) is 5.32 Å². The van der Waals surface area contributed by atoms with Crippen LogP contribution in [0.1, 0.15) is 31.4 Å². The number of benzene rings is 2. The third-order valence-electron chi connectivity index (χ3n) is 3.42. The minimum Gasteiger partial charge on any atom is -0.457 e. The molecule has 0 aliphatic rings. The summed E-state index contributed by atoms with van der Waals surface area (Å²) in [5.41, 5.74) is 3.51. The van der Waals surface area contributed by atoms with Gasteiger partial charge >= 0.3 is 0 Å². The van der Waals surface area contributed by atoms with E-state index in [-0.39, 0.29) is 0 Å². The van der Waals surface area contributed by atoms with Crippen LogP contribution in [-0.4, -0.2) is 6.04 Å². The number of aryl methyl sites for hydroxylation is 2. The standard InChI is InChI=1S/C18H23NO/c1-5-15(4)19-16-7-6-8-17(12-16)20-18-10-9-13(2)11-14(18)3/h6-12,15,19H,5H2,1-4H3. The maximum Gasteiger partial charge on any atom is 0.130 e. The second kappa shape index (κ2) is 6.47. The summed E-state index contributed by atoms with van der Waals surface area (Å²) < 4.78 is 5.98. The van der Waals surface area contributed by atoms with Crippen molar-refractivity contribution in [1.29, 1.82) is 0 Å². The largest absolute Gasteiger partial charge is 0.457 e. The summed E-state index contributed by atoms with van der Waals surface area (Å²) in [5.74, 6) is 1.78. The molecule has 20 heavy (non-hydrogen) atoms. The number of hydrogen-bond acceptors (Lipinski definition) is 2. The third kappa shape index (κ3) is 3.77. The van der Waals surface area contributed by atoms with Crippen LogP contribution in [0.4, 0.5) is 5.69 Å². The maximum absolute atomic E-state index is 5.98. The van der Waals surface area contributed by atoms with E-state index in [1.807, 2.05) is 24.3 Å². The van der Waals surface area contributed by atoms with Crippen LogP contribution in [0.2, 0.25) is 0 Å². The highest BCUT2D eigenvalue weighted by Gasteiger charge is 2.04. The fraction of sp³-hybridized carbons (Fsp3) is 0.333. The molecule has 0 fully saturated rings. The van der Waals surface area contributed by atoms with Crippen LogP contribution in [0.25, 0.3) is 0 Å². The Hall–Kier alpha value is -1.96. The molecular weight excluding hydrogens is 246 g/mol. The molecule has 1 atom stereocenters. The van der Waals surface area contributed by atoms with Gasteiger partial charge in [-0.2, -0.15) is 0 Å². The fourth-order valence-corrected chi connectivity index (χ4v) is 2.08. The molecule has 2 aromatic carbocycles. The minimum atomic E-state index is 0.464. The first kappa shape index (κ1) is 14.4. The number of anilines is 1. The maximum atomic E-state index is 5.98. The van der Waals surface area contributed by atoms with E-state index in [4.69, 9.17) is 4.74 Å². The first-order valence-corrected chi connectivity index (χ1v) is 7.20.